The van der Waals surface area contributed by atoms with Crippen LogP contribution in [0.2, 0.25) is 0 Å². The van der Waals surface area contributed by atoms with E-state index in [-0.39, 0.29) is 17.3 Å². The van der Waals surface area contributed by atoms with E-state index in [0.29, 0.717) is 19.5 Å². The Morgan fingerprint density at radius 1 is 1.12 bits per heavy atom. The molecule has 1 aromatic heterocycles. The first kappa shape index (κ1) is 22.8. The van der Waals surface area contributed by atoms with E-state index in [2.05, 4.69) is 14.8 Å². The van der Waals surface area contributed by atoms with Crippen molar-refractivity contribution < 1.29 is 13.9 Å². The quantitative estimate of drug-likeness (QED) is 0.661. The monoisotopic (exact) mass is 440 g/mol. The highest BCUT2D eigenvalue weighted by Crippen LogP contribution is 2.32. The molecule has 0 bridgehead atoms. The molecule has 0 aliphatic carbocycles. The summed E-state index contributed by atoms with van der Waals surface area (Å²) < 4.78 is 19.2. The SMILES string of the molecule is CCC(=O)N(CC1(N2CCN(Cc3cncc(F)c3)CC2)CCOCC1)c1ccccc1. The average molecular weight is 441 g/mol. The van der Waals surface area contributed by atoms with Gasteiger partial charge in [-0.05, 0) is 36.6 Å². The molecule has 0 spiro atoms. The number of aromatic nitrogens is 1. The number of rotatable bonds is 7. The van der Waals surface area contributed by atoms with Crippen LogP contribution in [-0.2, 0) is 16.1 Å². The van der Waals surface area contributed by atoms with Gasteiger partial charge in [0.2, 0.25) is 5.91 Å². The lowest BCUT2D eigenvalue weighted by Crippen LogP contribution is -2.63. The molecule has 0 atom stereocenters. The summed E-state index contributed by atoms with van der Waals surface area (Å²) in [4.78, 5) is 23.8. The Labute approximate surface area is 190 Å². The summed E-state index contributed by atoms with van der Waals surface area (Å²) in [6.45, 7) is 8.42. The number of hydrogen-bond donors (Lipinski definition) is 0. The molecule has 2 aromatic rings. The van der Waals surface area contributed by atoms with E-state index in [9.17, 15) is 9.18 Å². The Morgan fingerprint density at radius 3 is 2.50 bits per heavy atom. The number of para-hydroxylation sites is 1. The van der Waals surface area contributed by atoms with Gasteiger partial charge in [-0.3, -0.25) is 19.6 Å². The van der Waals surface area contributed by atoms with Crippen molar-refractivity contribution in [3.8, 4) is 0 Å². The molecule has 1 amide bonds. The number of carbonyl (C=O) groups excluding carboxylic acids is 1. The first-order valence-electron chi connectivity index (χ1n) is 11.6. The van der Waals surface area contributed by atoms with E-state index in [1.165, 1.54) is 6.20 Å². The molecule has 3 heterocycles. The highest BCUT2D eigenvalue weighted by atomic mass is 19.1. The molecule has 2 aliphatic rings. The first-order valence-corrected chi connectivity index (χ1v) is 11.6. The van der Waals surface area contributed by atoms with Crippen molar-refractivity contribution in [2.75, 3.05) is 50.8 Å². The smallest absolute Gasteiger partial charge is 0.226 e. The number of piperazine rings is 1. The van der Waals surface area contributed by atoms with Crippen LogP contribution in [0.3, 0.4) is 0 Å². The molecule has 6 nitrogen and oxygen atoms in total. The van der Waals surface area contributed by atoms with Crippen molar-refractivity contribution in [2.45, 2.75) is 38.3 Å². The first-order chi connectivity index (χ1) is 15.6. The van der Waals surface area contributed by atoms with Gasteiger partial charge < -0.3 is 9.64 Å². The minimum atomic E-state index is -0.288. The number of amides is 1. The number of ether oxygens (including phenoxy) is 1. The summed E-state index contributed by atoms with van der Waals surface area (Å²) >= 11 is 0. The third kappa shape index (κ3) is 5.34. The van der Waals surface area contributed by atoms with Crippen LogP contribution in [0.1, 0.15) is 31.7 Å². The Balaban J connectivity index is 1.47. The van der Waals surface area contributed by atoms with Gasteiger partial charge in [-0.25, -0.2) is 4.39 Å². The zero-order valence-corrected chi connectivity index (χ0v) is 18.9. The summed E-state index contributed by atoms with van der Waals surface area (Å²) in [6.07, 6.45) is 5.30. The number of benzene rings is 1. The minimum Gasteiger partial charge on any atom is -0.381 e. The van der Waals surface area contributed by atoms with Crippen LogP contribution in [-0.4, -0.2) is 72.2 Å². The predicted octanol–water partition coefficient (Wildman–Crippen LogP) is 3.33. The Bertz CT molecular complexity index is 881. The molecule has 172 valence electrons. The number of carbonyl (C=O) groups is 1. The maximum atomic E-state index is 13.5. The lowest BCUT2D eigenvalue weighted by atomic mass is 9.86. The molecule has 4 rings (SSSR count). The predicted molar refractivity (Wildman–Crippen MR) is 123 cm³/mol. The molecule has 7 heteroatoms. The maximum Gasteiger partial charge on any atom is 0.226 e. The number of pyridine rings is 1. The van der Waals surface area contributed by atoms with Crippen molar-refractivity contribution >= 4 is 11.6 Å². The summed E-state index contributed by atoms with van der Waals surface area (Å²) in [5.74, 6) is -0.136. The topological polar surface area (TPSA) is 48.9 Å². The molecular formula is C25H33FN4O2. The number of hydrogen-bond acceptors (Lipinski definition) is 5. The van der Waals surface area contributed by atoms with Crippen LogP contribution >= 0.6 is 0 Å². The van der Waals surface area contributed by atoms with E-state index >= 15 is 0 Å². The fraction of sp³-hybridized carbons (Fsp3) is 0.520. The standard InChI is InChI=1S/C25H33FN4O2/c1-2-24(31)30(23-6-4-3-5-7-23)20-25(8-14-32-15-9-25)29-12-10-28(11-13-29)19-21-16-22(26)18-27-17-21/h3-7,16-18H,2,8-15,19-20H2,1H3. The van der Waals surface area contributed by atoms with Crippen LogP contribution in [0.15, 0.2) is 48.8 Å². The normalized spacial score (nSPS) is 19.6. The maximum absolute atomic E-state index is 13.5. The van der Waals surface area contributed by atoms with Crippen molar-refractivity contribution in [2.24, 2.45) is 0 Å². The van der Waals surface area contributed by atoms with Crippen molar-refractivity contribution in [1.29, 1.82) is 0 Å². The highest BCUT2D eigenvalue weighted by Gasteiger charge is 2.42. The average Bonchev–Trinajstić information content (AvgIpc) is 2.84. The van der Waals surface area contributed by atoms with Crippen LogP contribution in [0.5, 0.6) is 0 Å². The molecule has 0 saturated carbocycles. The molecule has 0 N–H and O–H groups in total. The molecule has 0 radical (unpaired) electrons. The van der Waals surface area contributed by atoms with E-state index < -0.39 is 0 Å². The van der Waals surface area contributed by atoms with Gasteiger partial charge in [0, 0.05) is 76.3 Å². The zero-order valence-electron chi connectivity index (χ0n) is 18.9. The summed E-state index contributed by atoms with van der Waals surface area (Å²) in [7, 11) is 0. The second kappa shape index (κ2) is 10.5. The van der Waals surface area contributed by atoms with E-state index in [1.54, 1.807) is 12.3 Å². The zero-order chi connectivity index (χ0) is 22.4. The van der Waals surface area contributed by atoms with Crippen molar-refractivity contribution in [3.05, 3.63) is 60.2 Å². The van der Waals surface area contributed by atoms with Crippen LogP contribution in [0, 0.1) is 5.82 Å². The summed E-state index contributed by atoms with van der Waals surface area (Å²) in [6, 6.07) is 11.6. The molecule has 1 aromatic carbocycles. The van der Waals surface area contributed by atoms with Crippen LogP contribution < -0.4 is 4.90 Å². The Kier molecular flexibility index (Phi) is 7.50. The van der Waals surface area contributed by atoms with Gasteiger partial charge in [0.15, 0.2) is 0 Å². The molecule has 2 aliphatic heterocycles. The van der Waals surface area contributed by atoms with E-state index in [0.717, 1.165) is 63.5 Å². The van der Waals surface area contributed by atoms with E-state index in [4.69, 9.17) is 4.74 Å². The van der Waals surface area contributed by atoms with Gasteiger partial charge in [-0.2, -0.15) is 0 Å². The van der Waals surface area contributed by atoms with Gasteiger partial charge in [0.1, 0.15) is 5.82 Å². The molecule has 0 unspecified atom stereocenters. The fourth-order valence-electron chi connectivity index (χ4n) is 4.92. The second-order valence-electron chi connectivity index (χ2n) is 8.78. The van der Waals surface area contributed by atoms with Gasteiger partial charge in [-0.1, -0.05) is 25.1 Å². The fourth-order valence-corrected chi connectivity index (χ4v) is 4.92. The number of halogens is 1. The molecule has 2 saturated heterocycles. The molecule has 2 fully saturated rings. The van der Waals surface area contributed by atoms with E-state index in [1.807, 2.05) is 42.2 Å². The third-order valence-electron chi connectivity index (χ3n) is 6.76. The van der Waals surface area contributed by atoms with Gasteiger partial charge >= 0.3 is 0 Å². The van der Waals surface area contributed by atoms with Crippen LogP contribution in [0.4, 0.5) is 10.1 Å². The van der Waals surface area contributed by atoms with Gasteiger partial charge in [0.25, 0.3) is 0 Å². The van der Waals surface area contributed by atoms with Gasteiger partial charge in [-0.15, -0.1) is 0 Å². The molecule has 32 heavy (non-hydrogen) atoms. The van der Waals surface area contributed by atoms with Crippen molar-refractivity contribution in [3.63, 3.8) is 0 Å². The van der Waals surface area contributed by atoms with Gasteiger partial charge in [0.05, 0.1) is 6.20 Å². The van der Waals surface area contributed by atoms with Crippen LogP contribution in [0.25, 0.3) is 0 Å². The minimum absolute atomic E-state index is 0.0918. The van der Waals surface area contributed by atoms with Crippen molar-refractivity contribution in [1.82, 2.24) is 14.8 Å². The Morgan fingerprint density at radius 2 is 1.84 bits per heavy atom. The lowest BCUT2D eigenvalue weighted by molar-refractivity contribution is -0.119. The second-order valence-corrected chi connectivity index (χ2v) is 8.78. The Hall–Kier alpha value is -2.35. The third-order valence-corrected chi connectivity index (χ3v) is 6.76. The summed E-state index contributed by atoms with van der Waals surface area (Å²) in [5, 5.41) is 0. The highest BCUT2D eigenvalue weighted by molar-refractivity contribution is 5.93. The number of nitrogens with zero attached hydrogens (tertiary/aromatic N) is 4. The lowest BCUT2D eigenvalue weighted by Gasteiger charge is -2.51. The molecular weight excluding hydrogens is 407 g/mol. The summed E-state index contributed by atoms with van der Waals surface area (Å²) in [5.41, 5.74) is 1.77. The number of anilines is 1. The largest absolute Gasteiger partial charge is 0.381 e.